The molecule has 1 heterocycles. The number of nitrogens with zero attached hydrogens (tertiary/aromatic N) is 3. The highest BCUT2D eigenvalue weighted by molar-refractivity contribution is 6.37. The summed E-state index contributed by atoms with van der Waals surface area (Å²) in [5.41, 5.74) is 7.03. The van der Waals surface area contributed by atoms with E-state index in [1.807, 2.05) is 0 Å². The molecule has 1 aromatic heterocycles. The van der Waals surface area contributed by atoms with Crippen molar-refractivity contribution < 1.29 is 4.74 Å². The summed E-state index contributed by atoms with van der Waals surface area (Å²) in [5, 5.41) is 12.6. The lowest BCUT2D eigenvalue weighted by atomic mass is 10.2. The fourth-order valence-corrected chi connectivity index (χ4v) is 2.49. The number of ether oxygens (including phenoxy) is 1. The smallest absolute Gasteiger partial charge is 0.226 e. The largest absolute Gasteiger partial charge is 0.436 e. The highest BCUT2D eigenvalue weighted by Gasteiger charge is 2.11. The van der Waals surface area contributed by atoms with Gasteiger partial charge in [0.2, 0.25) is 11.8 Å². The van der Waals surface area contributed by atoms with Gasteiger partial charge in [-0.15, -0.1) is 0 Å². The van der Waals surface area contributed by atoms with E-state index in [9.17, 15) is 0 Å². The van der Waals surface area contributed by atoms with Gasteiger partial charge in [-0.05, 0) is 36.4 Å². The zero-order chi connectivity index (χ0) is 17.8. The number of halogens is 2. The SMILES string of the molecule is N#Cc1ccc(Nc2cc(Oc3c(Cl)cccc3Cl)nc(N)n2)cc1. The van der Waals surface area contributed by atoms with Crippen molar-refractivity contribution in [1.82, 2.24) is 9.97 Å². The summed E-state index contributed by atoms with van der Waals surface area (Å²) in [6, 6.07) is 15.5. The third-order valence-corrected chi connectivity index (χ3v) is 3.73. The molecular weight excluding hydrogens is 361 g/mol. The first-order valence-electron chi connectivity index (χ1n) is 7.09. The van der Waals surface area contributed by atoms with Crippen molar-refractivity contribution in [1.29, 1.82) is 5.26 Å². The number of anilines is 3. The van der Waals surface area contributed by atoms with E-state index in [0.29, 0.717) is 21.4 Å². The fraction of sp³-hybridized carbons (Fsp3) is 0. The summed E-state index contributed by atoms with van der Waals surface area (Å²) in [4.78, 5) is 8.13. The van der Waals surface area contributed by atoms with E-state index in [4.69, 9.17) is 38.9 Å². The predicted octanol–water partition coefficient (Wildman–Crippen LogP) is 4.77. The Bertz CT molecular complexity index is 934. The van der Waals surface area contributed by atoms with E-state index in [1.54, 1.807) is 48.5 Å². The number of nitrogens with one attached hydrogen (secondary N) is 1. The molecule has 0 aliphatic heterocycles. The number of nitriles is 1. The second kappa shape index (κ2) is 7.26. The van der Waals surface area contributed by atoms with Crippen molar-refractivity contribution in [2.45, 2.75) is 0 Å². The molecule has 3 N–H and O–H groups in total. The van der Waals surface area contributed by atoms with Crippen LogP contribution in [-0.4, -0.2) is 9.97 Å². The third-order valence-electron chi connectivity index (χ3n) is 3.13. The normalized spacial score (nSPS) is 10.1. The minimum Gasteiger partial charge on any atom is -0.436 e. The Balaban J connectivity index is 1.86. The van der Waals surface area contributed by atoms with Crippen molar-refractivity contribution in [2.24, 2.45) is 0 Å². The van der Waals surface area contributed by atoms with Gasteiger partial charge in [0.1, 0.15) is 5.82 Å². The first-order valence-corrected chi connectivity index (χ1v) is 7.84. The molecule has 0 aliphatic rings. The maximum atomic E-state index is 8.83. The van der Waals surface area contributed by atoms with Gasteiger partial charge in [-0.1, -0.05) is 29.3 Å². The molecule has 0 bridgehead atoms. The summed E-state index contributed by atoms with van der Waals surface area (Å²) >= 11 is 12.2. The molecule has 0 saturated heterocycles. The molecule has 6 nitrogen and oxygen atoms in total. The summed E-state index contributed by atoms with van der Waals surface area (Å²) < 4.78 is 5.66. The number of rotatable bonds is 4. The molecule has 0 atom stereocenters. The molecule has 0 unspecified atom stereocenters. The van der Waals surface area contributed by atoms with Gasteiger partial charge in [0.25, 0.3) is 0 Å². The van der Waals surface area contributed by atoms with Crippen molar-refractivity contribution in [3.63, 3.8) is 0 Å². The third kappa shape index (κ3) is 4.10. The highest BCUT2D eigenvalue weighted by Crippen LogP contribution is 2.36. The van der Waals surface area contributed by atoms with Crippen LogP contribution >= 0.6 is 23.2 Å². The Morgan fingerprint density at radius 3 is 2.36 bits per heavy atom. The molecule has 0 aliphatic carbocycles. The molecule has 8 heteroatoms. The molecule has 0 amide bonds. The average Bonchev–Trinajstić information content (AvgIpc) is 2.58. The molecule has 0 saturated carbocycles. The van der Waals surface area contributed by atoms with Crippen LogP contribution in [0.4, 0.5) is 17.5 Å². The van der Waals surface area contributed by atoms with Crippen molar-refractivity contribution in [3.05, 3.63) is 64.1 Å². The van der Waals surface area contributed by atoms with Crippen LogP contribution in [0.2, 0.25) is 10.0 Å². The molecule has 3 rings (SSSR count). The van der Waals surface area contributed by atoms with Gasteiger partial charge >= 0.3 is 0 Å². The van der Waals surface area contributed by atoms with Gasteiger partial charge in [0, 0.05) is 11.8 Å². The van der Waals surface area contributed by atoms with E-state index in [-0.39, 0.29) is 17.6 Å². The molecule has 0 radical (unpaired) electrons. The average molecular weight is 372 g/mol. The van der Waals surface area contributed by atoms with Crippen LogP contribution in [0.3, 0.4) is 0 Å². The minimum absolute atomic E-state index is 0.0248. The summed E-state index contributed by atoms with van der Waals surface area (Å²) in [5.74, 6) is 0.930. The Kier molecular flexibility index (Phi) is 4.89. The van der Waals surface area contributed by atoms with Crippen molar-refractivity contribution >= 4 is 40.7 Å². The van der Waals surface area contributed by atoms with Crippen LogP contribution in [0.15, 0.2) is 48.5 Å². The molecule has 0 fully saturated rings. The first-order chi connectivity index (χ1) is 12.0. The number of hydrogen-bond acceptors (Lipinski definition) is 6. The van der Waals surface area contributed by atoms with Gasteiger partial charge < -0.3 is 15.8 Å². The van der Waals surface area contributed by atoms with Crippen LogP contribution in [0.1, 0.15) is 5.56 Å². The van der Waals surface area contributed by atoms with Crippen LogP contribution in [0.25, 0.3) is 0 Å². The lowest BCUT2D eigenvalue weighted by Gasteiger charge is -2.11. The molecular formula is C17H11Cl2N5O. The highest BCUT2D eigenvalue weighted by atomic mass is 35.5. The fourth-order valence-electron chi connectivity index (χ4n) is 2.02. The maximum Gasteiger partial charge on any atom is 0.226 e. The summed E-state index contributed by atoms with van der Waals surface area (Å²) in [6.07, 6.45) is 0. The van der Waals surface area contributed by atoms with Crippen molar-refractivity contribution in [3.8, 4) is 17.7 Å². The number of benzene rings is 2. The zero-order valence-electron chi connectivity index (χ0n) is 12.7. The number of hydrogen-bond donors (Lipinski definition) is 2. The summed E-state index contributed by atoms with van der Waals surface area (Å²) in [7, 11) is 0. The standard InChI is InChI=1S/C17H11Cl2N5O/c18-12-2-1-3-13(19)16(12)25-15-8-14(23-17(21)24-15)22-11-6-4-10(9-20)5-7-11/h1-8H,(H3,21,22,23,24). The summed E-state index contributed by atoms with van der Waals surface area (Å²) in [6.45, 7) is 0. The van der Waals surface area contributed by atoms with Crippen LogP contribution in [-0.2, 0) is 0 Å². The minimum atomic E-state index is 0.0248. The maximum absolute atomic E-state index is 8.83. The second-order valence-corrected chi connectivity index (χ2v) is 5.73. The molecule has 3 aromatic rings. The van der Waals surface area contributed by atoms with E-state index in [0.717, 1.165) is 5.69 Å². The number of nitrogens with two attached hydrogens (primary N) is 1. The second-order valence-electron chi connectivity index (χ2n) is 4.92. The topological polar surface area (TPSA) is 96.8 Å². The quantitative estimate of drug-likeness (QED) is 0.685. The van der Waals surface area contributed by atoms with Crippen LogP contribution in [0.5, 0.6) is 11.6 Å². The van der Waals surface area contributed by atoms with Crippen LogP contribution in [0, 0.1) is 11.3 Å². The lowest BCUT2D eigenvalue weighted by Crippen LogP contribution is -2.02. The zero-order valence-corrected chi connectivity index (χ0v) is 14.2. The molecule has 124 valence electrons. The van der Waals surface area contributed by atoms with Crippen LogP contribution < -0.4 is 15.8 Å². The predicted molar refractivity (Wildman–Crippen MR) is 97.4 cm³/mol. The van der Waals surface area contributed by atoms with Gasteiger partial charge in [0.15, 0.2) is 5.75 Å². The number of aromatic nitrogens is 2. The first kappa shape index (κ1) is 16.8. The van der Waals surface area contributed by atoms with Gasteiger partial charge in [-0.2, -0.15) is 15.2 Å². The van der Waals surface area contributed by atoms with Gasteiger partial charge in [0.05, 0.1) is 21.7 Å². The Morgan fingerprint density at radius 1 is 1.04 bits per heavy atom. The van der Waals surface area contributed by atoms with E-state index >= 15 is 0 Å². The van der Waals surface area contributed by atoms with E-state index < -0.39 is 0 Å². The number of nitrogen functional groups attached to an aromatic ring is 1. The Labute approximate surface area is 153 Å². The van der Waals surface area contributed by atoms with Gasteiger partial charge in [-0.3, -0.25) is 0 Å². The molecule has 2 aromatic carbocycles. The Morgan fingerprint density at radius 2 is 1.72 bits per heavy atom. The van der Waals surface area contributed by atoms with Crippen molar-refractivity contribution in [2.75, 3.05) is 11.1 Å². The number of para-hydroxylation sites is 1. The van der Waals surface area contributed by atoms with Gasteiger partial charge in [-0.25, -0.2) is 0 Å². The van der Waals surface area contributed by atoms with E-state index in [1.165, 1.54) is 0 Å². The molecule has 0 spiro atoms. The Hall–Kier alpha value is -3.01. The monoisotopic (exact) mass is 371 g/mol. The lowest BCUT2D eigenvalue weighted by molar-refractivity contribution is 0.463. The molecule has 25 heavy (non-hydrogen) atoms. The van der Waals surface area contributed by atoms with E-state index in [2.05, 4.69) is 21.4 Å².